The second kappa shape index (κ2) is 4.82. The highest BCUT2D eigenvalue weighted by atomic mass is 35.5. The van der Waals surface area contributed by atoms with Gasteiger partial charge in [0.1, 0.15) is 5.60 Å². The van der Waals surface area contributed by atoms with E-state index in [-0.39, 0.29) is 0 Å². The number of fused-ring (bicyclic) bond motifs is 1. The number of hydrogen-bond acceptors (Lipinski definition) is 1. The van der Waals surface area contributed by atoms with E-state index in [0.29, 0.717) is 16.5 Å². The maximum atomic E-state index is 11.1. The number of benzene rings is 2. The Hall–Kier alpha value is -1.02. The average Bonchev–Trinajstić information content (AvgIpc) is 2.42. The first-order chi connectivity index (χ1) is 9.11. The molecule has 1 unspecified atom stereocenters. The first kappa shape index (κ1) is 13.0. The summed E-state index contributed by atoms with van der Waals surface area (Å²) in [6.45, 7) is 0. The van der Waals surface area contributed by atoms with E-state index < -0.39 is 5.60 Å². The normalized spacial score (nSPS) is 22.1. The van der Waals surface area contributed by atoms with Crippen molar-refractivity contribution >= 4 is 23.2 Å². The van der Waals surface area contributed by atoms with E-state index in [4.69, 9.17) is 23.2 Å². The van der Waals surface area contributed by atoms with Crippen LogP contribution in [0.1, 0.15) is 29.5 Å². The summed E-state index contributed by atoms with van der Waals surface area (Å²) in [4.78, 5) is 0. The Morgan fingerprint density at radius 1 is 1.00 bits per heavy atom. The maximum absolute atomic E-state index is 11.1. The molecule has 2 aromatic carbocycles. The van der Waals surface area contributed by atoms with E-state index in [1.54, 1.807) is 12.1 Å². The zero-order valence-electron chi connectivity index (χ0n) is 10.4. The van der Waals surface area contributed by atoms with E-state index in [0.717, 1.165) is 24.0 Å². The lowest BCUT2D eigenvalue weighted by atomic mass is 9.75. The van der Waals surface area contributed by atoms with E-state index >= 15 is 0 Å². The van der Waals surface area contributed by atoms with E-state index in [2.05, 4.69) is 6.07 Å². The second-order valence-electron chi connectivity index (χ2n) is 5.00. The standard InChI is InChI=1S/C16H14Cl2O/c17-14-8-7-12(10-15(14)18)16(19)9-3-5-11-4-1-2-6-13(11)16/h1-2,4,6-8,10,19H,3,5,9H2. The second-order valence-corrected chi connectivity index (χ2v) is 5.81. The Labute approximate surface area is 122 Å². The van der Waals surface area contributed by atoms with Gasteiger partial charge in [-0.1, -0.05) is 53.5 Å². The van der Waals surface area contributed by atoms with Crippen molar-refractivity contribution < 1.29 is 5.11 Å². The molecule has 0 fully saturated rings. The molecule has 0 aromatic heterocycles. The fourth-order valence-corrected chi connectivity index (χ4v) is 3.16. The molecule has 3 rings (SSSR count). The van der Waals surface area contributed by atoms with Gasteiger partial charge in [0.15, 0.2) is 0 Å². The summed E-state index contributed by atoms with van der Waals surface area (Å²) in [5.41, 5.74) is 2.05. The fourth-order valence-electron chi connectivity index (χ4n) is 2.86. The molecule has 0 saturated carbocycles. The lowest BCUT2D eigenvalue weighted by Gasteiger charge is -2.35. The van der Waals surface area contributed by atoms with Crippen LogP contribution in [0.2, 0.25) is 10.0 Å². The summed E-state index contributed by atoms with van der Waals surface area (Å²) >= 11 is 12.0. The van der Waals surface area contributed by atoms with E-state index in [1.807, 2.05) is 24.3 Å². The highest BCUT2D eigenvalue weighted by Crippen LogP contribution is 2.41. The Morgan fingerprint density at radius 2 is 1.79 bits per heavy atom. The van der Waals surface area contributed by atoms with Crippen molar-refractivity contribution in [2.45, 2.75) is 24.9 Å². The van der Waals surface area contributed by atoms with Gasteiger partial charge in [-0.25, -0.2) is 0 Å². The SMILES string of the molecule is OC1(c2ccc(Cl)c(Cl)c2)CCCc2ccccc21. The number of rotatable bonds is 1. The first-order valence-corrected chi connectivity index (χ1v) is 7.13. The Balaban J connectivity index is 2.16. The molecular weight excluding hydrogens is 279 g/mol. The molecule has 1 N–H and O–H groups in total. The third-order valence-corrected chi connectivity index (χ3v) is 4.58. The Bertz CT molecular complexity index is 624. The lowest BCUT2D eigenvalue weighted by Crippen LogP contribution is -2.31. The molecule has 0 aliphatic heterocycles. The molecule has 0 radical (unpaired) electrons. The summed E-state index contributed by atoms with van der Waals surface area (Å²) < 4.78 is 0. The topological polar surface area (TPSA) is 20.2 Å². The zero-order chi connectivity index (χ0) is 13.5. The van der Waals surface area contributed by atoms with Gasteiger partial charge in [-0.15, -0.1) is 0 Å². The number of hydrogen-bond donors (Lipinski definition) is 1. The highest BCUT2D eigenvalue weighted by Gasteiger charge is 2.36. The van der Waals surface area contributed by atoms with Crippen molar-refractivity contribution in [3.63, 3.8) is 0 Å². The maximum Gasteiger partial charge on any atom is 0.115 e. The van der Waals surface area contributed by atoms with Gasteiger partial charge in [-0.2, -0.15) is 0 Å². The van der Waals surface area contributed by atoms with E-state index in [1.165, 1.54) is 5.56 Å². The van der Waals surface area contributed by atoms with Crippen LogP contribution in [-0.2, 0) is 12.0 Å². The summed E-state index contributed by atoms with van der Waals surface area (Å²) in [6, 6.07) is 13.4. The molecule has 1 nitrogen and oxygen atoms in total. The van der Waals surface area contributed by atoms with Crippen molar-refractivity contribution in [2.75, 3.05) is 0 Å². The van der Waals surface area contributed by atoms with Gasteiger partial charge < -0.3 is 5.11 Å². The van der Waals surface area contributed by atoms with Crippen LogP contribution in [-0.4, -0.2) is 5.11 Å². The van der Waals surface area contributed by atoms with Gasteiger partial charge in [-0.05, 0) is 48.1 Å². The molecule has 1 aliphatic rings. The van der Waals surface area contributed by atoms with Crippen molar-refractivity contribution in [1.82, 2.24) is 0 Å². The van der Waals surface area contributed by atoms with Gasteiger partial charge in [-0.3, -0.25) is 0 Å². The summed E-state index contributed by atoms with van der Waals surface area (Å²) in [6.07, 6.45) is 2.69. The minimum atomic E-state index is -0.955. The molecule has 0 spiro atoms. The van der Waals surface area contributed by atoms with Crippen LogP contribution < -0.4 is 0 Å². The van der Waals surface area contributed by atoms with Crippen LogP contribution >= 0.6 is 23.2 Å². The molecule has 98 valence electrons. The van der Waals surface area contributed by atoms with Crippen molar-refractivity contribution in [2.24, 2.45) is 0 Å². The molecule has 1 atom stereocenters. The monoisotopic (exact) mass is 292 g/mol. The van der Waals surface area contributed by atoms with Crippen LogP contribution in [0.15, 0.2) is 42.5 Å². The van der Waals surface area contributed by atoms with Crippen LogP contribution in [0.5, 0.6) is 0 Å². The predicted molar refractivity (Wildman–Crippen MR) is 78.8 cm³/mol. The molecule has 0 bridgehead atoms. The highest BCUT2D eigenvalue weighted by molar-refractivity contribution is 6.42. The largest absolute Gasteiger partial charge is 0.380 e. The molecule has 19 heavy (non-hydrogen) atoms. The zero-order valence-corrected chi connectivity index (χ0v) is 11.9. The Morgan fingerprint density at radius 3 is 2.58 bits per heavy atom. The quantitative estimate of drug-likeness (QED) is 0.817. The minimum Gasteiger partial charge on any atom is -0.380 e. The average molecular weight is 293 g/mol. The molecule has 2 aromatic rings. The molecule has 0 amide bonds. The third-order valence-electron chi connectivity index (χ3n) is 3.84. The molecule has 0 saturated heterocycles. The van der Waals surface area contributed by atoms with Gasteiger partial charge in [0.25, 0.3) is 0 Å². The molecular formula is C16H14Cl2O. The van der Waals surface area contributed by atoms with E-state index in [9.17, 15) is 5.11 Å². The minimum absolute atomic E-state index is 0.482. The first-order valence-electron chi connectivity index (χ1n) is 6.37. The number of aliphatic hydroxyl groups is 1. The van der Waals surface area contributed by atoms with Crippen LogP contribution in [0, 0.1) is 0 Å². The third kappa shape index (κ3) is 2.16. The van der Waals surface area contributed by atoms with Gasteiger partial charge >= 0.3 is 0 Å². The van der Waals surface area contributed by atoms with Gasteiger partial charge in [0, 0.05) is 0 Å². The number of aryl methyl sites for hydroxylation is 1. The van der Waals surface area contributed by atoms with Gasteiger partial charge in [0.2, 0.25) is 0 Å². The van der Waals surface area contributed by atoms with Crippen molar-refractivity contribution in [3.8, 4) is 0 Å². The van der Waals surface area contributed by atoms with Gasteiger partial charge in [0.05, 0.1) is 10.0 Å². The summed E-state index contributed by atoms with van der Waals surface area (Å²) in [5.74, 6) is 0. The summed E-state index contributed by atoms with van der Waals surface area (Å²) in [5, 5.41) is 12.1. The lowest BCUT2D eigenvalue weighted by molar-refractivity contribution is 0.0616. The predicted octanol–water partition coefficient (Wildman–Crippen LogP) is 4.57. The van der Waals surface area contributed by atoms with Crippen molar-refractivity contribution in [1.29, 1.82) is 0 Å². The molecule has 0 heterocycles. The molecule has 1 aliphatic carbocycles. The van der Waals surface area contributed by atoms with Crippen LogP contribution in [0.3, 0.4) is 0 Å². The van der Waals surface area contributed by atoms with Crippen LogP contribution in [0.4, 0.5) is 0 Å². The van der Waals surface area contributed by atoms with Crippen LogP contribution in [0.25, 0.3) is 0 Å². The molecule has 3 heteroatoms. The smallest absolute Gasteiger partial charge is 0.115 e. The van der Waals surface area contributed by atoms with Crippen molar-refractivity contribution in [3.05, 3.63) is 69.2 Å². The summed E-state index contributed by atoms with van der Waals surface area (Å²) in [7, 11) is 0. The number of halogens is 2. The Kier molecular flexibility index (Phi) is 3.30. The fraction of sp³-hybridized carbons (Fsp3) is 0.250.